The van der Waals surface area contributed by atoms with E-state index in [0.29, 0.717) is 12.1 Å². The zero-order chi connectivity index (χ0) is 14.9. The average Bonchev–Trinajstić information content (AvgIpc) is 2.74. The Labute approximate surface area is 118 Å². The van der Waals surface area contributed by atoms with Gasteiger partial charge in [-0.3, -0.25) is 9.89 Å². The molecule has 0 aliphatic carbocycles. The van der Waals surface area contributed by atoms with Crippen LogP contribution in [0.5, 0.6) is 0 Å². The molecule has 2 rings (SSSR count). The van der Waals surface area contributed by atoms with Crippen LogP contribution >= 0.6 is 0 Å². The van der Waals surface area contributed by atoms with E-state index in [4.69, 9.17) is 5.73 Å². The average molecular weight is 272 g/mol. The van der Waals surface area contributed by atoms with Crippen molar-refractivity contribution < 1.29 is 4.79 Å². The molecule has 0 bridgehead atoms. The van der Waals surface area contributed by atoms with Gasteiger partial charge in [-0.05, 0) is 38.3 Å². The topological polar surface area (TPSA) is 83.8 Å². The van der Waals surface area contributed by atoms with Crippen molar-refractivity contribution >= 4 is 17.3 Å². The summed E-state index contributed by atoms with van der Waals surface area (Å²) in [6.07, 6.45) is 0.717. The highest BCUT2D eigenvalue weighted by Crippen LogP contribution is 2.23. The fourth-order valence-electron chi connectivity index (χ4n) is 2.38. The summed E-state index contributed by atoms with van der Waals surface area (Å²) in [5, 5.41) is 9.69. The highest BCUT2D eigenvalue weighted by atomic mass is 16.2. The van der Waals surface area contributed by atoms with E-state index in [1.165, 1.54) is 5.56 Å². The van der Waals surface area contributed by atoms with Crippen LogP contribution in [0.1, 0.15) is 39.8 Å². The van der Waals surface area contributed by atoms with Crippen LogP contribution in [0.2, 0.25) is 0 Å². The SMILES string of the molecule is CCc1[nH]nc(C(=O)Nc2c(C)cc(C)cc2C)c1N. The molecule has 0 spiro atoms. The molecular weight excluding hydrogens is 252 g/mol. The van der Waals surface area contributed by atoms with Crippen molar-refractivity contribution in [3.63, 3.8) is 0 Å². The van der Waals surface area contributed by atoms with Gasteiger partial charge in [0.2, 0.25) is 0 Å². The van der Waals surface area contributed by atoms with Gasteiger partial charge in [-0.1, -0.05) is 24.6 Å². The second-order valence-corrected chi connectivity index (χ2v) is 5.05. The number of aromatic amines is 1. The molecule has 0 atom stereocenters. The molecule has 2 aromatic rings. The van der Waals surface area contributed by atoms with Crippen molar-refractivity contribution in [2.75, 3.05) is 11.1 Å². The molecule has 106 valence electrons. The molecule has 1 heterocycles. The summed E-state index contributed by atoms with van der Waals surface area (Å²) in [5.74, 6) is -0.284. The number of aryl methyl sites for hydroxylation is 4. The number of anilines is 2. The first kappa shape index (κ1) is 14.1. The Balaban J connectivity index is 2.30. The van der Waals surface area contributed by atoms with Crippen LogP contribution < -0.4 is 11.1 Å². The first-order chi connectivity index (χ1) is 9.43. The monoisotopic (exact) mass is 272 g/mol. The Hall–Kier alpha value is -2.30. The van der Waals surface area contributed by atoms with Gasteiger partial charge in [0.05, 0.1) is 11.4 Å². The van der Waals surface area contributed by atoms with Crippen molar-refractivity contribution in [2.45, 2.75) is 34.1 Å². The lowest BCUT2D eigenvalue weighted by molar-refractivity contribution is 0.102. The minimum Gasteiger partial charge on any atom is -0.395 e. The van der Waals surface area contributed by atoms with Gasteiger partial charge < -0.3 is 11.1 Å². The predicted octanol–water partition coefficient (Wildman–Crippen LogP) is 2.73. The van der Waals surface area contributed by atoms with Gasteiger partial charge in [0.25, 0.3) is 5.91 Å². The summed E-state index contributed by atoms with van der Waals surface area (Å²) in [6, 6.07) is 4.07. The fourth-order valence-corrected chi connectivity index (χ4v) is 2.38. The summed E-state index contributed by atoms with van der Waals surface area (Å²) in [5.41, 5.74) is 11.4. The number of hydrogen-bond donors (Lipinski definition) is 3. The Morgan fingerprint density at radius 2 is 1.90 bits per heavy atom. The van der Waals surface area contributed by atoms with Crippen molar-refractivity contribution in [1.29, 1.82) is 0 Å². The Kier molecular flexibility index (Phi) is 3.79. The number of nitrogens with one attached hydrogen (secondary N) is 2. The van der Waals surface area contributed by atoms with Crippen LogP contribution in [-0.4, -0.2) is 16.1 Å². The fraction of sp³-hybridized carbons (Fsp3) is 0.333. The minimum absolute atomic E-state index is 0.251. The zero-order valence-electron chi connectivity index (χ0n) is 12.3. The molecule has 20 heavy (non-hydrogen) atoms. The smallest absolute Gasteiger partial charge is 0.278 e. The number of rotatable bonds is 3. The second-order valence-electron chi connectivity index (χ2n) is 5.05. The summed E-state index contributed by atoms with van der Waals surface area (Å²) < 4.78 is 0. The molecule has 5 heteroatoms. The van der Waals surface area contributed by atoms with E-state index in [0.717, 1.165) is 22.5 Å². The summed E-state index contributed by atoms with van der Waals surface area (Å²) in [6.45, 7) is 7.94. The minimum atomic E-state index is -0.284. The standard InChI is InChI=1S/C15H20N4O/c1-5-11-12(16)14(19-18-11)15(20)17-13-9(3)6-8(2)7-10(13)4/h6-7H,5,16H2,1-4H3,(H,17,20)(H,18,19). The van der Waals surface area contributed by atoms with Gasteiger partial charge in [0, 0.05) is 5.69 Å². The lowest BCUT2D eigenvalue weighted by Crippen LogP contribution is -2.16. The first-order valence-electron chi connectivity index (χ1n) is 6.66. The summed E-state index contributed by atoms with van der Waals surface area (Å²) >= 11 is 0. The van der Waals surface area contributed by atoms with E-state index in [2.05, 4.69) is 15.5 Å². The van der Waals surface area contributed by atoms with Gasteiger partial charge in [0.15, 0.2) is 5.69 Å². The number of carbonyl (C=O) groups excluding carboxylic acids is 1. The van der Waals surface area contributed by atoms with E-state index in [1.807, 2.05) is 39.8 Å². The number of nitrogens with two attached hydrogens (primary N) is 1. The molecule has 1 amide bonds. The molecule has 0 fully saturated rings. The van der Waals surface area contributed by atoms with Crippen molar-refractivity contribution in [3.05, 3.63) is 40.2 Å². The molecule has 5 nitrogen and oxygen atoms in total. The third-order valence-electron chi connectivity index (χ3n) is 3.37. The highest BCUT2D eigenvalue weighted by molar-refractivity contribution is 6.07. The van der Waals surface area contributed by atoms with Crippen LogP contribution in [0.25, 0.3) is 0 Å². The molecular formula is C15H20N4O. The van der Waals surface area contributed by atoms with Gasteiger partial charge in [0.1, 0.15) is 0 Å². The highest BCUT2D eigenvalue weighted by Gasteiger charge is 2.18. The van der Waals surface area contributed by atoms with Crippen LogP contribution in [-0.2, 0) is 6.42 Å². The summed E-state index contributed by atoms with van der Waals surface area (Å²) in [7, 11) is 0. The quantitative estimate of drug-likeness (QED) is 0.803. The number of nitrogen functional groups attached to an aromatic ring is 1. The normalized spacial score (nSPS) is 10.6. The lowest BCUT2D eigenvalue weighted by atomic mass is 10.0. The zero-order valence-corrected chi connectivity index (χ0v) is 12.3. The largest absolute Gasteiger partial charge is 0.395 e. The third-order valence-corrected chi connectivity index (χ3v) is 3.37. The maximum atomic E-state index is 12.3. The number of carbonyl (C=O) groups is 1. The van der Waals surface area contributed by atoms with Gasteiger partial charge >= 0.3 is 0 Å². The third kappa shape index (κ3) is 2.52. The van der Waals surface area contributed by atoms with Crippen molar-refractivity contribution in [1.82, 2.24) is 10.2 Å². The molecule has 0 aliphatic heterocycles. The van der Waals surface area contributed by atoms with E-state index >= 15 is 0 Å². The van der Waals surface area contributed by atoms with Crippen LogP contribution in [0, 0.1) is 20.8 Å². The number of amides is 1. The lowest BCUT2D eigenvalue weighted by Gasteiger charge is -2.12. The molecule has 1 aromatic heterocycles. The molecule has 0 radical (unpaired) electrons. The molecule has 0 saturated heterocycles. The molecule has 4 N–H and O–H groups in total. The molecule has 0 unspecified atom stereocenters. The second kappa shape index (κ2) is 5.36. The van der Waals surface area contributed by atoms with Crippen LogP contribution in [0.3, 0.4) is 0 Å². The number of H-pyrrole nitrogens is 1. The van der Waals surface area contributed by atoms with E-state index in [1.54, 1.807) is 0 Å². The number of aromatic nitrogens is 2. The van der Waals surface area contributed by atoms with E-state index in [9.17, 15) is 4.79 Å². The number of hydrogen-bond acceptors (Lipinski definition) is 3. The molecule has 0 saturated carbocycles. The summed E-state index contributed by atoms with van der Waals surface area (Å²) in [4.78, 5) is 12.3. The Morgan fingerprint density at radius 3 is 2.40 bits per heavy atom. The van der Waals surface area contributed by atoms with Crippen LogP contribution in [0.15, 0.2) is 12.1 Å². The Bertz CT molecular complexity index is 635. The maximum absolute atomic E-state index is 12.3. The van der Waals surface area contributed by atoms with Gasteiger partial charge in [-0.25, -0.2) is 0 Å². The van der Waals surface area contributed by atoms with Crippen LogP contribution in [0.4, 0.5) is 11.4 Å². The maximum Gasteiger partial charge on any atom is 0.278 e. The van der Waals surface area contributed by atoms with Crippen molar-refractivity contribution in [2.24, 2.45) is 0 Å². The van der Waals surface area contributed by atoms with Gasteiger partial charge in [-0.15, -0.1) is 0 Å². The number of benzene rings is 1. The predicted molar refractivity (Wildman–Crippen MR) is 81.0 cm³/mol. The number of nitrogens with zero attached hydrogens (tertiary/aromatic N) is 1. The van der Waals surface area contributed by atoms with Gasteiger partial charge in [-0.2, -0.15) is 5.10 Å². The van der Waals surface area contributed by atoms with Crippen molar-refractivity contribution in [3.8, 4) is 0 Å². The van der Waals surface area contributed by atoms with E-state index in [-0.39, 0.29) is 11.6 Å². The molecule has 0 aliphatic rings. The molecule has 1 aromatic carbocycles. The Morgan fingerprint density at radius 1 is 1.30 bits per heavy atom. The first-order valence-corrected chi connectivity index (χ1v) is 6.66. The van der Waals surface area contributed by atoms with E-state index < -0.39 is 0 Å².